The number of esters is 1. The van der Waals surface area contributed by atoms with E-state index in [1.165, 1.54) is 0 Å². The SMILES string of the molecule is C[C@H](NC(=O)COC(=O)CCCSc1nc2ccccc2s1)c1ccco1. The zero-order valence-corrected chi connectivity index (χ0v) is 16.5. The van der Waals surface area contributed by atoms with E-state index in [1.54, 1.807) is 48.4 Å². The molecule has 0 unspecified atom stereocenters. The highest BCUT2D eigenvalue weighted by Gasteiger charge is 2.13. The van der Waals surface area contributed by atoms with E-state index in [9.17, 15) is 9.59 Å². The number of nitrogens with zero attached hydrogens (tertiary/aromatic N) is 1. The number of ether oxygens (including phenoxy) is 1. The molecule has 2 aromatic heterocycles. The Morgan fingerprint density at radius 2 is 2.15 bits per heavy atom. The summed E-state index contributed by atoms with van der Waals surface area (Å²) >= 11 is 3.28. The van der Waals surface area contributed by atoms with Gasteiger partial charge in [-0.2, -0.15) is 0 Å². The van der Waals surface area contributed by atoms with Gasteiger partial charge in [0.05, 0.1) is 22.5 Å². The Kier molecular flexibility index (Phi) is 6.89. The van der Waals surface area contributed by atoms with Gasteiger partial charge in [0.15, 0.2) is 10.9 Å². The minimum Gasteiger partial charge on any atom is -0.467 e. The molecule has 0 fully saturated rings. The van der Waals surface area contributed by atoms with Crippen molar-refractivity contribution in [3.8, 4) is 0 Å². The average molecular weight is 405 g/mol. The molecule has 0 aliphatic heterocycles. The molecular formula is C19H20N2O4S2. The van der Waals surface area contributed by atoms with E-state index >= 15 is 0 Å². The van der Waals surface area contributed by atoms with Gasteiger partial charge in [-0.15, -0.1) is 11.3 Å². The molecule has 3 rings (SSSR count). The third-order valence-corrected chi connectivity index (χ3v) is 6.00. The fourth-order valence-corrected chi connectivity index (χ4v) is 4.48. The van der Waals surface area contributed by atoms with Gasteiger partial charge in [0.1, 0.15) is 5.76 Å². The topological polar surface area (TPSA) is 81.4 Å². The van der Waals surface area contributed by atoms with Crippen molar-refractivity contribution in [1.29, 1.82) is 0 Å². The monoisotopic (exact) mass is 404 g/mol. The number of nitrogens with one attached hydrogen (secondary N) is 1. The molecule has 1 amide bonds. The number of carbonyl (C=O) groups is 2. The molecule has 0 spiro atoms. The van der Waals surface area contributed by atoms with E-state index in [-0.39, 0.29) is 30.9 Å². The summed E-state index contributed by atoms with van der Waals surface area (Å²) in [7, 11) is 0. The normalized spacial score (nSPS) is 12.0. The number of para-hydroxylation sites is 1. The van der Waals surface area contributed by atoms with E-state index < -0.39 is 0 Å². The van der Waals surface area contributed by atoms with Crippen molar-refractivity contribution < 1.29 is 18.7 Å². The van der Waals surface area contributed by atoms with Gasteiger partial charge in [-0.05, 0) is 37.6 Å². The average Bonchev–Trinajstić information content (AvgIpc) is 3.32. The summed E-state index contributed by atoms with van der Waals surface area (Å²) in [6, 6.07) is 11.3. The summed E-state index contributed by atoms with van der Waals surface area (Å²) in [5.74, 6) is 0.703. The molecule has 0 radical (unpaired) electrons. The highest BCUT2D eigenvalue weighted by atomic mass is 32.2. The van der Waals surface area contributed by atoms with Gasteiger partial charge in [0.2, 0.25) is 0 Å². The second-order valence-corrected chi connectivity index (χ2v) is 8.24. The molecule has 142 valence electrons. The number of rotatable bonds is 9. The zero-order valence-electron chi connectivity index (χ0n) is 14.8. The van der Waals surface area contributed by atoms with E-state index in [2.05, 4.69) is 10.3 Å². The van der Waals surface area contributed by atoms with E-state index in [0.717, 1.165) is 20.3 Å². The number of hydrogen-bond acceptors (Lipinski definition) is 7. The highest BCUT2D eigenvalue weighted by molar-refractivity contribution is 8.01. The Balaban J connectivity index is 1.30. The summed E-state index contributed by atoms with van der Waals surface area (Å²) in [6.45, 7) is 1.52. The lowest BCUT2D eigenvalue weighted by atomic mass is 10.2. The maximum atomic E-state index is 11.8. The lowest BCUT2D eigenvalue weighted by molar-refractivity contribution is -0.148. The van der Waals surface area contributed by atoms with Crippen LogP contribution in [0.5, 0.6) is 0 Å². The first kappa shape index (κ1) is 19.4. The van der Waals surface area contributed by atoms with Crippen LogP contribution in [0, 0.1) is 0 Å². The van der Waals surface area contributed by atoms with Crippen LogP contribution >= 0.6 is 23.1 Å². The molecule has 8 heteroatoms. The van der Waals surface area contributed by atoms with Crippen LogP contribution in [0.25, 0.3) is 10.2 Å². The molecule has 27 heavy (non-hydrogen) atoms. The number of thioether (sulfide) groups is 1. The van der Waals surface area contributed by atoms with Gasteiger partial charge in [0.25, 0.3) is 5.91 Å². The quantitative estimate of drug-likeness (QED) is 0.327. The maximum absolute atomic E-state index is 11.8. The summed E-state index contributed by atoms with van der Waals surface area (Å²) < 4.78 is 12.4. The van der Waals surface area contributed by atoms with Crippen LogP contribution in [0.2, 0.25) is 0 Å². The molecule has 0 saturated carbocycles. The van der Waals surface area contributed by atoms with E-state index in [4.69, 9.17) is 9.15 Å². The van der Waals surface area contributed by atoms with Crippen LogP contribution in [0.1, 0.15) is 31.6 Å². The third kappa shape index (κ3) is 5.83. The number of furan rings is 1. The zero-order chi connectivity index (χ0) is 19.1. The van der Waals surface area contributed by atoms with Crippen molar-refractivity contribution >= 4 is 45.2 Å². The number of thiazole rings is 1. The fourth-order valence-electron chi connectivity index (χ4n) is 2.40. The molecule has 1 atom stereocenters. The first-order valence-corrected chi connectivity index (χ1v) is 10.4. The minimum absolute atomic E-state index is 0.267. The van der Waals surface area contributed by atoms with Crippen molar-refractivity contribution in [3.05, 3.63) is 48.4 Å². The molecule has 1 N–H and O–H groups in total. The predicted octanol–water partition coefficient (Wildman–Crippen LogP) is 4.18. The Morgan fingerprint density at radius 1 is 1.30 bits per heavy atom. The van der Waals surface area contributed by atoms with Crippen LogP contribution in [0.15, 0.2) is 51.4 Å². The van der Waals surface area contributed by atoms with Gasteiger partial charge in [-0.3, -0.25) is 9.59 Å². The summed E-state index contributed by atoms with van der Waals surface area (Å²) in [4.78, 5) is 28.1. The van der Waals surface area contributed by atoms with Crippen molar-refractivity contribution in [2.75, 3.05) is 12.4 Å². The van der Waals surface area contributed by atoms with E-state index in [1.807, 2.05) is 24.3 Å². The Hall–Kier alpha value is -2.32. The molecule has 6 nitrogen and oxygen atoms in total. The van der Waals surface area contributed by atoms with Crippen LogP contribution < -0.4 is 5.32 Å². The predicted molar refractivity (Wildman–Crippen MR) is 106 cm³/mol. The third-order valence-electron chi connectivity index (χ3n) is 3.74. The number of amides is 1. The fraction of sp³-hybridized carbons (Fsp3) is 0.316. The highest BCUT2D eigenvalue weighted by Crippen LogP contribution is 2.29. The molecule has 0 aliphatic carbocycles. The molecule has 2 heterocycles. The number of hydrogen-bond donors (Lipinski definition) is 1. The molecular weight excluding hydrogens is 384 g/mol. The summed E-state index contributed by atoms with van der Waals surface area (Å²) in [5, 5.41) is 2.72. The van der Waals surface area contributed by atoms with Gasteiger partial charge in [-0.1, -0.05) is 23.9 Å². The van der Waals surface area contributed by atoms with Crippen molar-refractivity contribution in [1.82, 2.24) is 10.3 Å². The maximum Gasteiger partial charge on any atom is 0.306 e. The summed E-state index contributed by atoms with van der Waals surface area (Å²) in [6.07, 6.45) is 2.49. The number of benzene rings is 1. The molecule has 1 aromatic carbocycles. The van der Waals surface area contributed by atoms with Crippen molar-refractivity contribution in [3.63, 3.8) is 0 Å². The number of fused-ring (bicyclic) bond motifs is 1. The Morgan fingerprint density at radius 3 is 2.93 bits per heavy atom. The van der Waals surface area contributed by atoms with Crippen LogP contribution in [0.4, 0.5) is 0 Å². The van der Waals surface area contributed by atoms with Crippen LogP contribution in [-0.2, 0) is 14.3 Å². The van der Waals surface area contributed by atoms with Crippen LogP contribution in [0.3, 0.4) is 0 Å². The van der Waals surface area contributed by atoms with Gasteiger partial charge in [0, 0.05) is 12.2 Å². The minimum atomic E-state index is -0.374. The summed E-state index contributed by atoms with van der Waals surface area (Å²) in [5.41, 5.74) is 0.999. The van der Waals surface area contributed by atoms with Crippen molar-refractivity contribution in [2.24, 2.45) is 0 Å². The van der Waals surface area contributed by atoms with E-state index in [0.29, 0.717) is 12.2 Å². The van der Waals surface area contributed by atoms with Crippen LogP contribution in [-0.4, -0.2) is 29.2 Å². The molecule has 0 saturated heterocycles. The molecule has 0 bridgehead atoms. The first-order chi connectivity index (χ1) is 13.1. The number of aromatic nitrogens is 1. The number of carbonyl (C=O) groups excluding carboxylic acids is 2. The van der Waals surface area contributed by atoms with Gasteiger partial charge >= 0.3 is 5.97 Å². The second kappa shape index (κ2) is 9.57. The smallest absolute Gasteiger partial charge is 0.306 e. The lowest BCUT2D eigenvalue weighted by Gasteiger charge is -2.11. The first-order valence-electron chi connectivity index (χ1n) is 8.58. The Bertz CT molecular complexity index is 859. The molecule has 3 aromatic rings. The second-order valence-electron chi connectivity index (χ2n) is 5.86. The standard InChI is InChI=1S/C19H20N2O4S2/c1-13(15-7-4-10-24-15)20-17(22)12-25-18(23)9-5-11-26-19-21-14-6-2-3-8-16(14)27-19/h2-4,6-8,10,13H,5,9,11-12H2,1H3,(H,20,22)/t13-/m0/s1. The lowest BCUT2D eigenvalue weighted by Crippen LogP contribution is -2.30. The van der Waals surface area contributed by atoms with Crippen molar-refractivity contribution in [2.45, 2.75) is 30.1 Å². The largest absolute Gasteiger partial charge is 0.467 e. The molecule has 0 aliphatic rings. The Labute approximate surface area is 165 Å². The van der Waals surface area contributed by atoms with Gasteiger partial charge < -0.3 is 14.5 Å². The van der Waals surface area contributed by atoms with Gasteiger partial charge in [-0.25, -0.2) is 4.98 Å².